The number of sulfone groups is 1. The normalized spacial score (nSPS) is 12.5. The van der Waals surface area contributed by atoms with Gasteiger partial charge in [-0.3, -0.25) is 4.79 Å². The number of rotatable bonds is 9. The van der Waals surface area contributed by atoms with Crippen molar-refractivity contribution >= 4 is 25.8 Å². The molecule has 0 unspecified atom stereocenters. The third kappa shape index (κ3) is 8.43. The zero-order valence-electron chi connectivity index (χ0n) is 18.3. The molecule has 170 valence electrons. The molecule has 9 heteroatoms. The quantitative estimate of drug-likeness (QED) is 0.590. The fourth-order valence-corrected chi connectivity index (χ4v) is 4.69. The van der Waals surface area contributed by atoms with Crippen LogP contribution in [0.1, 0.15) is 43.9 Å². The molecule has 2 rings (SSSR count). The minimum Gasteiger partial charge on any atom is -0.352 e. The number of nitrogens with one attached hydrogen (secondary N) is 2. The van der Waals surface area contributed by atoms with E-state index in [-0.39, 0.29) is 41.5 Å². The van der Waals surface area contributed by atoms with Crippen molar-refractivity contribution in [3.8, 4) is 0 Å². The van der Waals surface area contributed by atoms with Crippen LogP contribution in [0.3, 0.4) is 0 Å². The lowest BCUT2D eigenvalue weighted by Gasteiger charge is -2.19. The fraction of sp³-hybridized carbons (Fsp3) is 0.409. The van der Waals surface area contributed by atoms with E-state index >= 15 is 0 Å². The van der Waals surface area contributed by atoms with E-state index < -0.39 is 19.9 Å². The molecule has 0 aliphatic heterocycles. The molecule has 0 aromatic heterocycles. The van der Waals surface area contributed by atoms with Crippen molar-refractivity contribution in [3.05, 3.63) is 65.2 Å². The Bertz CT molecular complexity index is 1100. The summed E-state index contributed by atoms with van der Waals surface area (Å²) in [7, 11) is -6.78. The summed E-state index contributed by atoms with van der Waals surface area (Å²) in [6.07, 6.45) is 1.18. The van der Waals surface area contributed by atoms with Gasteiger partial charge in [0.15, 0.2) is 9.84 Å². The van der Waals surface area contributed by atoms with E-state index in [1.54, 1.807) is 48.5 Å². The molecule has 0 saturated heterocycles. The second-order valence-corrected chi connectivity index (χ2v) is 12.5. The molecule has 0 bridgehead atoms. The Morgan fingerprint density at radius 3 is 1.94 bits per heavy atom. The molecule has 31 heavy (non-hydrogen) atoms. The number of hydrogen-bond acceptors (Lipinski definition) is 5. The van der Waals surface area contributed by atoms with Crippen molar-refractivity contribution in [2.45, 2.75) is 49.8 Å². The zero-order chi connectivity index (χ0) is 23.3. The molecular weight excluding hydrogens is 436 g/mol. The van der Waals surface area contributed by atoms with Crippen LogP contribution in [0.2, 0.25) is 0 Å². The molecule has 0 fully saturated rings. The number of amides is 1. The first-order valence-corrected chi connectivity index (χ1v) is 13.4. The Balaban J connectivity index is 1.81. The summed E-state index contributed by atoms with van der Waals surface area (Å²) < 4.78 is 49.9. The van der Waals surface area contributed by atoms with Crippen LogP contribution in [-0.4, -0.2) is 35.5 Å². The van der Waals surface area contributed by atoms with E-state index in [9.17, 15) is 21.6 Å². The summed E-state index contributed by atoms with van der Waals surface area (Å²) >= 11 is 0. The topological polar surface area (TPSA) is 109 Å². The van der Waals surface area contributed by atoms with E-state index in [1.807, 2.05) is 0 Å². The van der Waals surface area contributed by atoms with E-state index in [0.717, 1.165) is 11.1 Å². The molecule has 0 heterocycles. The van der Waals surface area contributed by atoms with Gasteiger partial charge in [-0.05, 0) is 34.2 Å². The summed E-state index contributed by atoms with van der Waals surface area (Å²) in [5.74, 6) is -0.315. The van der Waals surface area contributed by atoms with Crippen LogP contribution in [0.5, 0.6) is 0 Å². The van der Waals surface area contributed by atoms with Gasteiger partial charge >= 0.3 is 0 Å². The van der Waals surface area contributed by atoms with Gasteiger partial charge < -0.3 is 5.32 Å². The van der Waals surface area contributed by atoms with Crippen LogP contribution in [0.25, 0.3) is 0 Å². The molecule has 0 aliphatic rings. The van der Waals surface area contributed by atoms with E-state index in [2.05, 4.69) is 30.8 Å². The first-order chi connectivity index (χ1) is 14.3. The lowest BCUT2D eigenvalue weighted by molar-refractivity contribution is -0.121. The molecule has 0 aliphatic carbocycles. The molecule has 1 amide bonds. The van der Waals surface area contributed by atoms with Gasteiger partial charge in [0.25, 0.3) is 0 Å². The average molecular weight is 467 g/mol. The van der Waals surface area contributed by atoms with E-state index in [1.165, 1.54) is 6.26 Å². The molecular formula is C22H30N2O5S2. The third-order valence-corrected chi connectivity index (χ3v) is 6.95. The number of carbonyl (C=O) groups excluding carboxylic acids is 1. The standard InChI is InChI=1S/C22H30N2O5S2/c1-22(2,3)19-9-11-20(12-10-19)31(28,29)24-14-13-21(25)23-15-17-5-7-18(8-6-17)16-30(4,26)27/h5-12,24H,13-16H2,1-4H3,(H,23,25). The molecule has 0 atom stereocenters. The van der Waals surface area contributed by atoms with Crippen molar-refractivity contribution in [1.82, 2.24) is 10.0 Å². The first-order valence-electron chi connectivity index (χ1n) is 9.89. The molecule has 0 radical (unpaired) electrons. The zero-order valence-corrected chi connectivity index (χ0v) is 19.9. The number of hydrogen-bond donors (Lipinski definition) is 2. The second-order valence-electron chi connectivity index (χ2n) is 8.59. The number of sulfonamides is 1. The van der Waals surface area contributed by atoms with Crippen LogP contribution >= 0.6 is 0 Å². The minimum atomic E-state index is -3.68. The van der Waals surface area contributed by atoms with Crippen LogP contribution < -0.4 is 10.0 Å². The van der Waals surface area contributed by atoms with Gasteiger partial charge in [0.2, 0.25) is 15.9 Å². The molecule has 0 spiro atoms. The summed E-state index contributed by atoms with van der Waals surface area (Å²) in [5.41, 5.74) is 2.48. The van der Waals surface area contributed by atoms with Gasteiger partial charge in [0.05, 0.1) is 10.6 Å². The maximum Gasteiger partial charge on any atom is 0.240 e. The molecule has 7 nitrogen and oxygen atoms in total. The Morgan fingerprint density at radius 1 is 0.871 bits per heavy atom. The highest BCUT2D eigenvalue weighted by Crippen LogP contribution is 2.23. The highest BCUT2D eigenvalue weighted by molar-refractivity contribution is 7.90. The van der Waals surface area contributed by atoms with Crippen molar-refractivity contribution in [2.24, 2.45) is 0 Å². The largest absolute Gasteiger partial charge is 0.352 e. The summed E-state index contributed by atoms with van der Waals surface area (Å²) in [6.45, 7) is 6.42. The Morgan fingerprint density at radius 2 is 1.42 bits per heavy atom. The Labute approximate surface area is 185 Å². The van der Waals surface area contributed by atoms with Crippen LogP contribution in [0.15, 0.2) is 53.4 Å². The highest BCUT2D eigenvalue weighted by atomic mass is 32.2. The SMILES string of the molecule is CC(C)(C)c1ccc(S(=O)(=O)NCCC(=O)NCc2ccc(CS(C)(=O)=O)cc2)cc1. The smallest absolute Gasteiger partial charge is 0.240 e. The van der Waals surface area contributed by atoms with Crippen molar-refractivity contribution in [3.63, 3.8) is 0 Å². The summed E-state index contributed by atoms with van der Waals surface area (Å²) in [5, 5.41) is 2.72. The van der Waals surface area contributed by atoms with Gasteiger partial charge in [-0.1, -0.05) is 57.2 Å². The van der Waals surface area contributed by atoms with Gasteiger partial charge in [-0.2, -0.15) is 0 Å². The number of benzene rings is 2. The van der Waals surface area contributed by atoms with E-state index in [4.69, 9.17) is 0 Å². The first kappa shape index (κ1) is 25.0. The predicted molar refractivity (Wildman–Crippen MR) is 122 cm³/mol. The monoisotopic (exact) mass is 466 g/mol. The molecule has 2 aromatic carbocycles. The van der Waals surface area contributed by atoms with Crippen molar-refractivity contribution < 1.29 is 21.6 Å². The molecule has 0 saturated carbocycles. The lowest BCUT2D eigenvalue weighted by Crippen LogP contribution is -2.30. The summed E-state index contributed by atoms with van der Waals surface area (Å²) in [4.78, 5) is 12.2. The molecule has 2 aromatic rings. The summed E-state index contributed by atoms with van der Waals surface area (Å²) in [6, 6.07) is 13.6. The predicted octanol–water partition coefficient (Wildman–Crippen LogP) is 2.51. The van der Waals surface area contributed by atoms with Gasteiger partial charge in [-0.25, -0.2) is 21.6 Å². The Kier molecular flexibility index (Phi) is 8.02. The number of carbonyl (C=O) groups is 1. The van der Waals surface area contributed by atoms with Crippen molar-refractivity contribution in [1.29, 1.82) is 0 Å². The van der Waals surface area contributed by atoms with Crippen molar-refractivity contribution in [2.75, 3.05) is 12.8 Å². The van der Waals surface area contributed by atoms with Crippen LogP contribution in [-0.2, 0) is 42.4 Å². The highest BCUT2D eigenvalue weighted by Gasteiger charge is 2.17. The third-order valence-electron chi connectivity index (χ3n) is 4.62. The van der Waals surface area contributed by atoms with Gasteiger partial charge in [0.1, 0.15) is 0 Å². The fourth-order valence-electron chi connectivity index (χ4n) is 2.86. The van der Waals surface area contributed by atoms with Crippen LogP contribution in [0.4, 0.5) is 0 Å². The maximum absolute atomic E-state index is 12.4. The van der Waals surface area contributed by atoms with Gasteiger partial charge in [-0.15, -0.1) is 0 Å². The molecule has 2 N–H and O–H groups in total. The Hall–Kier alpha value is -2.23. The van der Waals surface area contributed by atoms with E-state index in [0.29, 0.717) is 5.56 Å². The van der Waals surface area contributed by atoms with Crippen LogP contribution in [0, 0.1) is 0 Å². The maximum atomic E-state index is 12.4. The average Bonchev–Trinajstić information content (AvgIpc) is 2.65. The lowest BCUT2D eigenvalue weighted by atomic mass is 9.87. The minimum absolute atomic E-state index is 0.00542. The second kappa shape index (κ2) is 9.93. The van der Waals surface area contributed by atoms with Gasteiger partial charge in [0, 0.05) is 25.8 Å².